The predicted molar refractivity (Wildman–Crippen MR) is 190 cm³/mol. The molecule has 5 aromatic rings. The molecule has 3 aromatic heterocycles. The number of allylic oxidation sites excluding steroid dienone is 2. The Morgan fingerprint density at radius 1 is 0.913 bits per heavy atom. The molecule has 249 valence electrons. The zero-order chi connectivity index (χ0) is 33.1. The van der Waals surface area contributed by atoms with E-state index in [4.69, 9.17) is 9.40 Å². The third kappa shape index (κ3) is 8.16. The van der Waals surface area contributed by atoms with Crippen molar-refractivity contribution >= 4 is 49.3 Å². The number of fused-ring (bicyclic) bond motifs is 5. The first-order chi connectivity index (χ1) is 21.2. The summed E-state index contributed by atoms with van der Waals surface area (Å²) < 4.78 is 7.63. The van der Waals surface area contributed by atoms with Gasteiger partial charge < -0.3 is 14.5 Å². The molecule has 7 heteroatoms. The Morgan fingerprint density at radius 3 is 2.13 bits per heavy atom. The van der Waals surface area contributed by atoms with Crippen LogP contribution in [0.3, 0.4) is 0 Å². The molecule has 3 heterocycles. The topological polar surface area (TPSA) is 76.2 Å². The standard InChI is InChI=1S/C26H25N2OS.C13H24O2.Ir/c1-25(2,3)15-12-13-27-19(14-15)18-9-7-8-16-17-10-11-20-21(23(17)29-22(16)18)28-24(30-20)26(4,5)6;1-5-10(6-2)12(14)9-13(15)11(7-3)8-4;/h7-8,10-14H,1-6H3;9-11,14H,5-8H2,1-4H3;/q-1;;/b;12-9-;. The van der Waals surface area contributed by atoms with Gasteiger partial charge in [0.1, 0.15) is 11.1 Å². The van der Waals surface area contributed by atoms with Gasteiger partial charge in [0.05, 0.1) is 21.0 Å². The smallest absolute Gasteiger partial charge is 0.162 e. The van der Waals surface area contributed by atoms with Crippen LogP contribution in [0.2, 0.25) is 0 Å². The van der Waals surface area contributed by atoms with Crippen molar-refractivity contribution in [3.8, 4) is 11.3 Å². The molecule has 5 rings (SSSR count). The molecule has 0 aliphatic heterocycles. The number of pyridine rings is 1. The second kappa shape index (κ2) is 15.4. The van der Waals surface area contributed by atoms with Gasteiger partial charge in [0, 0.05) is 55.0 Å². The molecule has 0 fully saturated rings. The maximum Gasteiger partial charge on any atom is 0.162 e. The van der Waals surface area contributed by atoms with E-state index in [9.17, 15) is 9.90 Å². The summed E-state index contributed by atoms with van der Waals surface area (Å²) in [6.07, 6.45) is 6.78. The molecule has 0 aliphatic carbocycles. The summed E-state index contributed by atoms with van der Waals surface area (Å²) >= 11 is 1.74. The summed E-state index contributed by atoms with van der Waals surface area (Å²) in [7, 11) is 0. The summed E-state index contributed by atoms with van der Waals surface area (Å²) in [6, 6.07) is 15.9. The van der Waals surface area contributed by atoms with Gasteiger partial charge in [-0.2, -0.15) is 0 Å². The summed E-state index contributed by atoms with van der Waals surface area (Å²) in [5, 5.41) is 13.0. The molecule has 0 unspecified atom stereocenters. The number of carbonyl (C=O) groups is 1. The average Bonchev–Trinajstić information content (AvgIpc) is 3.60. The fraction of sp³-hybridized carbons (Fsp3) is 0.462. The predicted octanol–water partition coefficient (Wildman–Crippen LogP) is 11.5. The molecule has 0 saturated carbocycles. The van der Waals surface area contributed by atoms with Crippen LogP contribution in [-0.4, -0.2) is 20.9 Å². The Bertz CT molecular complexity index is 1810. The maximum absolute atomic E-state index is 11.7. The van der Waals surface area contributed by atoms with Gasteiger partial charge in [-0.25, -0.2) is 4.98 Å². The molecule has 1 radical (unpaired) electrons. The number of aliphatic hydroxyl groups excluding tert-OH is 1. The molecule has 0 aliphatic rings. The van der Waals surface area contributed by atoms with Crippen LogP contribution in [0, 0.1) is 17.9 Å². The number of carbonyl (C=O) groups excluding carboxylic acids is 1. The Balaban J connectivity index is 0.000000309. The minimum absolute atomic E-state index is 0. The summed E-state index contributed by atoms with van der Waals surface area (Å²) in [5.41, 5.74) is 5.71. The summed E-state index contributed by atoms with van der Waals surface area (Å²) in [5.74, 6) is 0.547. The van der Waals surface area contributed by atoms with Crippen LogP contribution in [0.5, 0.6) is 0 Å². The third-order valence-corrected chi connectivity index (χ3v) is 10.0. The third-order valence-electron chi connectivity index (χ3n) is 8.56. The molecule has 5 nitrogen and oxygen atoms in total. The Labute approximate surface area is 292 Å². The second-order valence-electron chi connectivity index (χ2n) is 13.9. The molecule has 0 amide bonds. The van der Waals surface area contributed by atoms with Crippen molar-refractivity contribution in [2.75, 3.05) is 0 Å². The van der Waals surface area contributed by atoms with Gasteiger partial charge in [0.15, 0.2) is 5.78 Å². The van der Waals surface area contributed by atoms with Crippen molar-refractivity contribution in [3.63, 3.8) is 0 Å². The fourth-order valence-electron chi connectivity index (χ4n) is 5.51. The van der Waals surface area contributed by atoms with Crippen LogP contribution in [0.15, 0.2) is 58.8 Å². The number of rotatable bonds is 8. The number of nitrogens with zero attached hydrogens (tertiary/aromatic N) is 2. The number of aliphatic hydroxyl groups is 1. The molecule has 2 aromatic carbocycles. The van der Waals surface area contributed by atoms with E-state index in [1.54, 1.807) is 11.3 Å². The first kappa shape index (κ1) is 37.6. The monoisotopic (exact) mass is 818 g/mol. The number of thiazole rings is 1. The Morgan fingerprint density at radius 2 is 1.54 bits per heavy atom. The van der Waals surface area contributed by atoms with Crippen molar-refractivity contribution in [3.05, 3.63) is 71.1 Å². The second-order valence-corrected chi connectivity index (χ2v) is 15.0. The van der Waals surface area contributed by atoms with E-state index in [0.29, 0.717) is 0 Å². The Kier molecular flexibility index (Phi) is 12.6. The van der Waals surface area contributed by atoms with Crippen LogP contribution in [0.1, 0.15) is 105 Å². The van der Waals surface area contributed by atoms with Crippen LogP contribution in [-0.2, 0) is 35.7 Å². The maximum atomic E-state index is 11.7. The number of hydrogen-bond donors (Lipinski definition) is 1. The SMILES string of the molecule is CC(C)(C)c1ccnc(-c2[c-]ccc3c2oc2c3ccc3sc(C(C)(C)C)nc32)c1.CCC(CC)C(=O)/C=C(\O)C(CC)CC.[Ir]. The zero-order valence-electron chi connectivity index (χ0n) is 29.0. The van der Waals surface area contributed by atoms with Gasteiger partial charge in [-0.05, 0) is 54.5 Å². The number of furan rings is 1. The summed E-state index contributed by atoms with van der Waals surface area (Å²) in [6.45, 7) is 21.3. The zero-order valence-corrected chi connectivity index (χ0v) is 32.2. The average molecular weight is 818 g/mol. The normalized spacial score (nSPS) is 12.6. The molecule has 0 bridgehead atoms. The van der Waals surface area contributed by atoms with E-state index in [2.05, 4.69) is 82.9 Å². The van der Waals surface area contributed by atoms with E-state index in [0.717, 1.165) is 74.1 Å². The number of aromatic nitrogens is 2. The molecule has 0 spiro atoms. The van der Waals surface area contributed by atoms with Crippen molar-refractivity contribution in [2.45, 2.75) is 106 Å². The molecule has 1 N–H and O–H groups in total. The number of ketones is 1. The first-order valence-electron chi connectivity index (χ1n) is 16.3. The van der Waals surface area contributed by atoms with E-state index >= 15 is 0 Å². The molecule has 46 heavy (non-hydrogen) atoms. The number of benzene rings is 2. The molecular formula is C39H49IrN2O3S-. The van der Waals surface area contributed by atoms with Gasteiger partial charge in [-0.15, -0.1) is 29.5 Å². The van der Waals surface area contributed by atoms with Gasteiger partial charge in [-0.3, -0.25) is 4.79 Å². The van der Waals surface area contributed by atoms with Gasteiger partial charge in [0.25, 0.3) is 0 Å². The van der Waals surface area contributed by atoms with Crippen molar-refractivity contribution in [1.82, 2.24) is 9.97 Å². The van der Waals surface area contributed by atoms with Crippen LogP contribution < -0.4 is 0 Å². The van der Waals surface area contributed by atoms with E-state index < -0.39 is 0 Å². The van der Waals surface area contributed by atoms with Crippen LogP contribution >= 0.6 is 11.3 Å². The fourth-order valence-corrected chi connectivity index (χ4v) is 6.54. The minimum Gasteiger partial charge on any atom is -0.512 e. The molecule has 0 atom stereocenters. The van der Waals surface area contributed by atoms with E-state index in [1.165, 1.54) is 11.6 Å². The van der Waals surface area contributed by atoms with Crippen molar-refractivity contribution in [1.29, 1.82) is 0 Å². The van der Waals surface area contributed by atoms with Gasteiger partial charge >= 0.3 is 0 Å². The van der Waals surface area contributed by atoms with Crippen LogP contribution in [0.4, 0.5) is 0 Å². The van der Waals surface area contributed by atoms with Gasteiger partial charge in [0.2, 0.25) is 0 Å². The van der Waals surface area contributed by atoms with Crippen molar-refractivity contribution in [2.24, 2.45) is 11.8 Å². The summed E-state index contributed by atoms with van der Waals surface area (Å²) in [4.78, 5) is 21.3. The van der Waals surface area contributed by atoms with Crippen LogP contribution in [0.25, 0.3) is 43.4 Å². The van der Waals surface area contributed by atoms with E-state index in [1.807, 2.05) is 40.0 Å². The minimum atomic E-state index is 0. The number of hydrogen-bond acceptors (Lipinski definition) is 6. The largest absolute Gasteiger partial charge is 0.512 e. The molecular weight excluding hydrogens is 769 g/mol. The quantitative estimate of drug-likeness (QED) is 0.0959. The first-order valence-corrected chi connectivity index (χ1v) is 17.1. The van der Waals surface area contributed by atoms with Gasteiger partial charge in [-0.1, -0.05) is 92.3 Å². The Hall–Kier alpha value is -2.86. The van der Waals surface area contributed by atoms with Crippen molar-refractivity contribution < 1.29 is 34.4 Å². The molecule has 0 saturated heterocycles. The van der Waals surface area contributed by atoms with E-state index in [-0.39, 0.29) is 54.3 Å².